The third-order valence-electron chi connectivity index (χ3n) is 12.4. The van der Waals surface area contributed by atoms with E-state index in [1.54, 1.807) is 7.11 Å². The summed E-state index contributed by atoms with van der Waals surface area (Å²) in [4.78, 5) is 10.7. The number of methoxy groups -OCH3 is 1. The van der Waals surface area contributed by atoms with Crippen LogP contribution < -0.4 is 4.74 Å². The van der Waals surface area contributed by atoms with Gasteiger partial charge in [0.2, 0.25) is 0 Å². The highest BCUT2D eigenvalue weighted by Gasteiger charge is 2.25. The maximum absolute atomic E-state index is 9.48. The van der Waals surface area contributed by atoms with Crippen LogP contribution in [0.4, 0.5) is 0 Å². The second-order valence-electron chi connectivity index (χ2n) is 17.2. The van der Waals surface area contributed by atoms with Crippen LogP contribution in [0.15, 0.2) is 194 Å². The van der Waals surface area contributed by atoms with E-state index >= 15 is 0 Å². The molecule has 0 aliphatic carbocycles. The van der Waals surface area contributed by atoms with Gasteiger partial charge in [-0.3, -0.25) is 9.55 Å². The molecular weight excluding hydrogens is 791 g/mol. The van der Waals surface area contributed by atoms with E-state index < -0.39 is 5.89 Å². The van der Waals surface area contributed by atoms with Gasteiger partial charge in [0.25, 0.3) is 0 Å². The smallest absolute Gasteiger partial charge is 0.149 e. The van der Waals surface area contributed by atoms with Crippen molar-refractivity contribution in [3.8, 4) is 89.7 Å². The fraction of sp³-hybridized carbons (Fsp3) is 0.115. The highest BCUT2D eigenvalue weighted by atomic mass is 16.5. The molecule has 2 aromatic heterocycles. The average Bonchev–Trinajstić information content (AvgIpc) is 3.74. The van der Waals surface area contributed by atoms with E-state index in [2.05, 4.69) is 201 Å². The van der Waals surface area contributed by atoms with Crippen LogP contribution in [0.2, 0.25) is 0 Å². The summed E-state index contributed by atoms with van der Waals surface area (Å²) in [7, 11) is 1.74. The monoisotopic (exact) mass is 842 g/mol. The molecule has 0 unspecified atom stereocenters. The Morgan fingerprint density at radius 3 is 1.80 bits per heavy atom. The van der Waals surface area contributed by atoms with Gasteiger partial charge in [0, 0.05) is 24.3 Å². The SMILES string of the molecule is [2H]C(C)(C)c1cc(-c2ccccc2)c(-n2c(-c3cc(C)cc(C)c3OC)nc3c(-c4cc(-c5ccccc5)cc(-c5cc(-c6ccc(C)cc6)ccn5)c4)cccc32)cc1-c1ccccc1. The fourth-order valence-electron chi connectivity index (χ4n) is 9.28. The lowest BCUT2D eigenvalue weighted by molar-refractivity contribution is 0.413. The Morgan fingerprint density at radius 2 is 1.12 bits per heavy atom. The van der Waals surface area contributed by atoms with Gasteiger partial charge >= 0.3 is 0 Å². The van der Waals surface area contributed by atoms with Crippen LogP contribution >= 0.6 is 0 Å². The number of pyridine rings is 1. The summed E-state index contributed by atoms with van der Waals surface area (Å²) < 4.78 is 18.1. The first-order valence-corrected chi connectivity index (χ1v) is 22.3. The molecular formula is C61H51N3O. The maximum Gasteiger partial charge on any atom is 0.149 e. The lowest BCUT2D eigenvalue weighted by Gasteiger charge is -2.22. The topological polar surface area (TPSA) is 39.9 Å². The fourth-order valence-corrected chi connectivity index (χ4v) is 9.28. The zero-order valence-electron chi connectivity index (χ0n) is 38.7. The van der Waals surface area contributed by atoms with Crippen molar-refractivity contribution in [3.05, 3.63) is 217 Å². The number of hydrogen-bond donors (Lipinski definition) is 0. The van der Waals surface area contributed by atoms with Gasteiger partial charge in [-0.15, -0.1) is 0 Å². The summed E-state index contributed by atoms with van der Waals surface area (Å²) in [5, 5.41) is 0. The van der Waals surface area contributed by atoms with Gasteiger partial charge in [-0.05, 0) is 142 Å². The molecule has 65 heavy (non-hydrogen) atoms. The predicted molar refractivity (Wildman–Crippen MR) is 272 cm³/mol. The number of ether oxygens (including phenoxy) is 1. The molecule has 0 amide bonds. The minimum absolute atomic E-state index is 0.766. The number of fused-ring (bicyclic) bond motifs is 1. The Morgan fingerprint density at radius 1 is 0.492 bits per heavy atom. The normalized spacial score (nSPS) is 11.8. The van der Waals surface area contributed by atoms with Gasteiger partial charge in [0.05, 0.1) is 35.1 Å². The standard InChI is InChI=1S/C61H51N3O/c1-39(2)52-37-54(46-21-14-9-15-22-46)58(38-53(52)45-19-12-8-13-20-45)64-57-24-16-23-51(59(57)63-61(64)55-32-41(4)31-42(5)60(55)65-6)49-33-48(43-17-10-7-11-18-43)34-50(35-49)56-36-47(29-30-62-56)44-27-25-40(3)26-28-44/h7-39H,1-6H3/i39D. The van der Waals surface area contributed by atoms with Gasteiger partial charge in [0.15, 0.2) is 0 Å². The van der Waals surface area contributed by atoms with Crippen LogP contribution in [0.25, 0.3) is 95.0 Å². The number of aromatic nitrogens is 3. The van der Waals surface area contributed by atoms with Crippen LogP contribution in [0.5, 0.6) is 5.75 Å². The minimum atomic E-state index is -0.896. The largest absolute Gasteiger partial charge is 0.496 e. The Labute approximate surface area is 384 Å². The highest BCUT2D eigenvalue weighted by Crippen LogP contribution is 2.45. The Hall–Kier alpha value is -7.82. The zero-order valence-corrected chi connectivity index (χ0v) is 37.7. The summed E-state index contributed by atoms with van der Waals surface area (Å²) in [5.74, 6) is 0.648. The van der Waals surface area contributed by atoms with Crippen molar-refractivity contribution >= 4 is 11.0 Å². The number of para-hydroxylation sites is 1. The van der Waals surface area contributed by atoms with E-state index in [0.29, 0.717) is 0 Å². The van der Waals surface area contributed by atoms with Gasteiger partial charge < -0.3 is 4.74 Å². The summed E-state index contributed by atoms with van der Waals surface area (Å²) in [5.41, 5.74) is 20.5. The summed E-state index contributed by atoms with van der Waals surface area (Å²) >= 11 is 0. The molecule has 0 fully saturated rings. The van der Waals surface area contributed by atoms with Crippen LogP contribution in [0.3, 0.4) is 0 Å². The first-order valence-electron chi connectivity index (χ1n) is 22.8. The van der Waals surface area contributed by atoms with Crippen molar-refractivity contribution in [1.29, 1.82) is 0 Å². The second kappa shape index (κ2) is 17.4. The molecule has 0 radical (unpaired) electrons. The summed E-state index contributed by atoms with van der Waals surface area (Å²) in [6, 6.07) is 66.6. The third kappa shape index (κ3) is 7.93. The maximum atomic E-state index is 9.48. The minimum Gasteiger partial charge on any atom is -0.496 e. The number of benzene rings is 8. The highest BCUT2D eigenvalue weighted by molar-refractivity contribution is 5.99. The van der Waals surface area contributed by atoms with Crippen molar-refractivity contribution in [1.82, 2.24) is 14.5 Å². The number of imidazole rings is 1. The van der Waals surface area contributed by atoms with Crippen molar-refractivity contribution < 1.29 is 6.11 Å². The molecule has 4 nitrogen and oxygen atoms in total. The zero-order chi connectivity index (χ0) is 45.5. The first kappa shape index (κ1) is 40.0. The van der Waals surface area contributed by atoms with Gasteiger partial charge in [-0.1, -0.05) is 153 Å². The summed E-state index contributed by atoms with van der Waals surface area (Å²) in [6.45, 7) is 10.3. The third-order valence-corrected chi connectivity index (χ3v) is 12.4. The number of rotatable bonds is 10. The van der Waals surface area contributed by atoms with E-state index in [9.17, 15) is 1.37 Å². The number of aryl methyl sites for hydroxylation is 3. The molecule has 316 valence electrons. The van der Waals surface area contributed by atoms with Crippen molar-refractivity contribution in [2.24, 2.45) is 0 Å². The molecule has 0 aliphatic rings. The summed E-state index contributed by atoms with van der Waals surface area (Å²) in [6.07, 6.45) is 1.91. The molecule has 0 N–H and O–H groups in total. The quantitative estimate of drug-likeness (QED) is 0.138. The molecule has 0 aliphatic heterocycles. The van der Waals surface area contributed by atoms with E-state index in [4.69, 9.17) is 14.7 Å². The van der Waals surface area contributed by atoms with Crippen LogP contribution in [0, 0.1) is 20.8 Å². The molecule has 2 heterocycles. The molecule has 8 aromatic carbocycles. The second-order valence-corrected chi connectivity index (χ2v) is 17.2. The molecule has 4 heteroatoms. The first-order chi connectivity index (χ1) is 32.0. The number of nitrogens with zero attached hydrogens (tertiary/aromatic N) is 3. The average molecular weight is 843 g/mol. The van der Waals surface area contributed by atoms with Crippen molar-refractivity contribution in [2.45, 2.75) is 40.5 Å². The predicted octanol–water partition coefficient (Wildman–Crippen LogP) is 16.1. The molecule has 0 saturated carbocycles. The lowest BCUT2D eigenvalue weighted by atomic mass is 9.88. The Kier molecular flexibility index (Phi) is 10.7. The molecule has 0 saturated heterocycles. The number of hydrogen-bond acceptors (Lipinski definition) is 3. The molecule has 0 atom stereocenters. The van der Waals surface area contributed by atoms with Gasteiger partial charge in [0.1, 0.15) is 11.6 Å². The Balaban J connectivity index is 1.29. The van der Waals surface area contributed by atoms with E-state index in [-0.39, 0.29) is 0 Å². The lowest BCUT2D eigenvalue weighted by Crippen LogP contribution is -2.05. The van der Waals surface area contributed by atoms with Crippen LogP contribution in [-0.4, -0.2) is 21.6 Å². The molecule has 10 aromatic rings. The van der Waals surface area contributed by atoms with E-state index in [0.717, 1.165) is 117 Å². The molecule has 0 spiro atoms. The van der Waals surface area contributed by atoms with Crippen molar-refractivity contribution in [2.75, 3.05) is 7.11 Å². The van der Waals surface area contributed by atoms with E-state index in [1.807, 2.05) is 32.2 Å². The van der Waals surface area contributed by atoms with Crippen LogP contribution in [0.1, 0.15) is 43.4 Å². The van der Waals surface area contributed by atoms with Crippen LogP contribution in [-0.2, 0) is 0 Å². The van der Waals surface area contributed by atoms with Crippen molar-refractivity contribution in [3.63, 3.8) is 0 Å². The van der Waals surface area contributed by atoms with Gasteiger partial charge in [-0.25, -0.2) is 4.98 Å². The molecule has 0 bridgehead atoms. The molecule has 10 rings (SSSR count). The van der Waals surface area contributed by atoms with Gasteiger partial charge in [-0.2, -0.15) is 0 Å². The van der Waals surface area contributed by atoms with E-state index in [1.165, 1.54) is 5.56 Å². The Bertz CT molecular complexity index is 3390.